The number of nitrogens with one attached hydrogen (secondary N) is 1. The number of H-pyrrole nitrogens is 1. The zero-order valence-corrected chi connectivity index (χ0v) is 10.8. The molecule has 1 fully saturated rings. The summed E-state index contributed by atoms with van der Waals surface area (Å²) in [6, 6.07) is 2.02. The van der Waals surface area contributed by atoms with E-state index in [1.807, 2.05) is 6.07 Å². The summed E-state index contributed by atoms with van der Waals surface area (Å²) in [7, 11) is 0. The molecule has 18 heavy (non-hydrogen) atoms. The molecular weight excluding hydrogens is 224 g/mol. The lowest BCUT2D eigenvalue weighted by molar-refractivity contribution is 0.302. The van der Waals surface area contributed by atoms with Crippen molar-refractivity contribution in [2.24, 2.45) is 11.7 Å². The molecule has 0 aromatic carbocycles. The van der Waals surface area contributed by atoms with Gasteiger partial charge < -0.3 is 10.7 Å². The molecule has 1 aliphatic carbocycles. The third-order valence-corrected chi connectivity index (χ3v) is 4.09. The van der Waals surface area contributed by atoms with Gasteiger partial charge in [-0.1, -0.05) is 19.3 Å². The lowest BCUT2D eigenvalue weighted by Gasteiger charge is -2.25. The highest BCUT2D eigenvalue weighted by molar-refractivity contribution is 5.74. The molecule has 96 valence electrons. The highest BCUT2D eigenvalue weighted by Gasteiger charge is 2.24. The van der Waals surface area contributed by atoms with Crippen LogP contribution in [0.25, 0.3) is 11.2 Å². The first kappa shape index (κ1) is 11.7. The monoisotopic (exact) mass is 244 g/mol. The molecule has 2 aromatic heterocycles. The number of imidazole rings is 1. The van der Waals surface area contributed by atoms with Gasteiger partial charge in [-0.15, -0.1) is 0 Å². The van der Waals surface area contributed by atoms with Gasteiger partial charge in [0.1, 0.15) is 5.82 Å². The van der Waals surface area contributed by atoms with E-state index in [1.54, 1.807) is 6.20 Å². The van der Waals surface area contributed by atoms with Gasteiger partial charge in [-0.25, -0.2) is 9.97 Å². The van der Waals surface area contributed by atoms with Gasteiger partial charge in [0.2, 0.25) is 0 Å². The Kier molecular flexibility index (Phi) is 3.04. The summed E-state index contributed by atoms with van der Waals surface area (Å²) in [6.45, 7) is 2.07. The standard InChI is InChI=1S/C14H20N4/c1-9-7-8-16-14-12(9)17-13(18-14)11(15)10-5-3-2-4-6-10/h7-8,10-11H,2-6,15H2,1H3,(H,16,17,18). The number of aromatic amines is 1. The number of hydrogen-bond donors (Lipinski definition) is 2. The molecular formula is C14H20N4. The van der Waals surface area contributed by atoms with Crippen LogP contribution < -0.4 is 5.73 Å². The average Bonchev–Trinajstić information content (AvgIpc) is 2.84. The second-order valence-corrected chi connectivity index (χ2v) is 5.37. The van der Waals surface area contributed by atoms with Crippen LogP contribution in [0, 0.1) is 12.8 Å². The van der Waals surface area contributed by atoms with Gasteiger partial charge in [0.05, 0.1) is 11.6 Å². The molecule has 0 aliphatic heterocycles. The Bertz CT molecular complexity index is 540. The van der Waals surface area contributed by atoms with Crippen LogP contribution in [0.2, 0.25) is 0 Å². The topological polar surface area (TPSA) is 67.6 Å². The van der Waals surface area contributed by atoms with Crippen molar-refractivity contribution in [3.05, 3.63) is 23.7 Å². The summed E-state index contributed by atoms with van der Waals surface area (Å²) in [6.07, 6.45) is 8.21. The van der Waals surface area contributed by atoms with E-state index in [1.165, 1.54) is 37.7 Å². The molecule has 1 aliphatic rings. The van der Waals surface area contributed by atoms with Crippen LogP contribution in [0.3, 0.4) is 0 Å². The fourth-order valence-electron chi connectivity index (χ4n) is 2.93. The predicted octanol–water partition coefficient (Wildman–Crippen LogP) is 2.85. The van der Waals surface area contributed by atoms with E-state index in [0.717, 1.165) is 17.0 Å². The van der Waals surface area contributed by atoms with Crippen molar-refractivity contribution in [1.29, 1.82) is 0 Å². The number of fused-ring (bicyclic) bond motifs is 1. The van der Waals surface area contributed by atoms with Crippen molar-refractivity contribution in [3.63, 3.8) is 0 Å². The van der Waals surface area contributed by atoms with Crippen molar-refractivity contribution < 1.29 is 0 Å². The third kappa shape index (κ3) is 2.01. The smallest absolute Gasteiger partial charge is 0.178 e. The van der Waals surface area contributed by atoms with E-state index in [9.17, 15) is 0 Å². The van der Waals surface area contributed by atoms with Crippen LogP contribution in [0.4, 0.5) is 0 Å². The highest BCUT2D eigenvalue weighted by Crippen LogP contribution is 2.32. The maximum atomic E-state index is 6.36. The quantitative estimate of drug-likeness (QED) is 0.853. The van der Waals surface area contributed by atoms with Crippen molar-refractivity contribution >= 4 is 11.2 Å². The van der Waals surface area contributed by atoms with E-state index < -0.39 is 0 Å². The highest BCUT2D eigenvalue weighted by atomic mass is 15.0. The van der Waals surface area contributed by atoms with Crippen LogP contribution in [-0.2, 0) is 0 Å². The molecule has 0 radical (unpaired) electrons. The van der Waals surface area contributed by atoms with E-state index in [2.05, 4.69) is 21.9 Å². The molecule has 3 N–H and O–H groups in total. The first-order valence-corrected chi connectivity index (χ1v) is 6.82. The number of rotatable bonds is 2. The Balaban J connectivity index is 1.91. The third-order valence-electron chi connectivity index (χ3n) is 4.09. The number of nitrogens with two attached hydrogens (primary N) is 1. The normalized spacial score (nSPS) is 19.2. The maximum absolute atomic E-state index is 6.36. The van der Waals surface area contributed by atoms with Gasteiger partial charge in [0.15, 0.2) is 5.65 Å². The molecule has 4 heteroatoms. The minimum atomic E-state index is 0.0268. The Morgan fingerprint density at radius 3 is 2.83 bits per heavy atom. The molecule has 2 aromatic rings. The fourth-order valence-corrected chi connectivity index (χ4v) is 2.93. The SMILES string of the molecule is Cc1ccnc2nc(C(N)C3CCCCC3)[nH]c12. The summed E-state index contributed by atoms with van der Waals surface area (Å²) >= 11 is 0. The van der Waals surface area contributed by atoms with Gasteiger partial charge in [0.25, 0.3) is 0 Å². The Hall–Kier alpha value is -1.42. The summed E-state index contributed by atoms with van der Waals surface area (Å²) < 4.78 is 0. The van der Waals surface area contributed by atoms with Crippen LogP contribution in [-0.4, -0.2) is 15.0 Å². The van der Waals surface area contributed by atoms with E-state index >= 15 is 0 Å². The average molecular weight is 244 g/mol. The van der Waals surface area contributed by atoms with Gasteiger partial charge in [0, 0.05) is 6.20 Å². The van der Waals surface area contributed by atoms with Crippen molar-refractivity contribution in [3.8, 4) is 0 Å². The second kappa shape index (κ2) is 4.69. The first-order chi connectivity index (χ1) is 8.75. The minimum Gasteiger partial charge on any atom is -0.339 e. The molecule has 4 nitrogen and oxygen atoms in total. The van der Waals surface area contributed by atoms with Gasteiger partial charge in [-0.3, -0.25) is 0 Å². The van der Waals surface area contributed by atoms with Crippen molar-refractivity contribution in [2.45, 2.75) is 45.1 Å². The molecule has 0 amide bonds. The van der Waals surface area contributed by atoms with E-state index in [4.69, 9.17) is 5.73 Å². The minimum absolute atomic E-state index is 0.0268. The molecule has 0 bridgehead atoms. The Labute approximate surface area is 107 Å². The van der Waals surface area contributed by atoms with Gasteiger partial charge >= 0.3 is 0 Å². The van der Waals surface area contributed by atoms with Crippen molar-refractivity contribution in [2.75, 3.05) is 0 Å². The number of pyridine rings is 1. The Morgan fingerprint density at radius 2 is 2.11 bits per heavy atom. The molecule has 2 heterocycles. The Morgan fingerprint density at radius 1 is 1.33 bits per heavy atom. The van der Waals surface area contributed by atoms with Crippen LogP contribution in [0.15, 0.2) is 12.3 Å². The van der Waals surface area contributed by atoms with Gasteiger partial charge in [-0.05, 0) is 37.3 Å². The molecule has 1 saturated carbocycles. The van der Waals surface area contributed by atoms with Crippen LogP contribution in [0.1, 0.15) is 49.5 Å². The zero-order valence-electron chi connectivity index (χ0n) is 10.8. The molecule has 3 rings (SSSR count). The number of nitrogens with zero attached hydrogens (tertiary/aromatic N) is 2. The number of aromatic nitrogens is 3. The number of aryl methyl sites for hydroxylation is 1. The zero-order chi connectivity index (χ0) is 12.5. The summed E-state index contributed by atoms with van der Waals surface area (Å²) in [4.78, 5) is 12.2. The van der Waals surface area contributed by atoms with Crippen LogP contribution >= 0.6 is 0 Å². The maximum Gasteiger partial charge on any atom is 0.178 e. The second-order valence-electron chi connectivity index (χ2n) is 5.37. The van der Waals surface area contributed by atoms with E-state index in [0.29, 0.717) is 5.92 Å². The summed E-state index contributed by atoms with van der Waals surface area (Å²) in [5.41, 5.74) is 9.35. The number of hydrogen-bond acceptors (Lipinski definition) is 3. The fraction of sp³-hybridized carbons (Fsp3) is 0.571. The molecule has 0 spiro atoms. The predicted molar refractivity (Wildman–Crippen MR) is 72.1 cm³/mol. The largest absolute Gasteiger partial charge is 0.339 e. The molecule has 1 unspecified atom stereocenters. The molecule has 0 saturated heterocycles. The summed E-state index contributed by atoms with van der Waals surface area (Å²) in [5, 5.41) is 0. The van der Waals surface area contributed by atoms with Crippen LogP contribution in [0.5, 0.6) is 0 Å². The molecule has 1 atom stereocenters. The van der Waals surface area contributed by atoms with Crippen molar-refractivity contribution in [1.82, 2.24) is 15.0 Å². The lowest BCUT2D eigenvalue weighted by atomic mass is 9.84. The first-order valence-electron chi connectivity index (χ1n) is 6.82. The van der Waals surface area contributed by atoms with Gasteiger partial charge in [-0.2, -0.15) is 0 Å². The van der Waals surface area contributed by atoms with E-state index in [-0.39, 0.29) is 6.04 Å². The lowest BCUT2D eigenvalue weighted by Crippen LogP contribution is -2.24. The summed E-state index contributed by atoms with van der Waals surface area (Å²) in [5.74, 6) is 1.47.